The second-order valence-corrected chi connectivity index (χ2v) is 8.05. The van der Waals surface area contributed by atoms with Crippen LogP contribution in [0.25, 0.3) is 0 Å². The van der Waals surface area contributed by atoms with Crippen LogP contribution in [0.3, 0.4) is 0 Å². The van der Waals surface area contributed by atoms with E-state index in [0.29, 0.717) is 12.8 Å². The zero-order valence-corrected chi connectivity index (χ0v) is 13.6. The maximum atomic E-state index is 12.8. The van der Waals surface area contributed by atoms with Gasteiger partial charge in [-0.3, -0.25) is 4.79 Å². The fourth-order valence-corrected chi connectivity index (χ4v) is 5.25. The second kappa shape index (κ2) is 6.79. The molecular formula is C16H22O5S. The van der Waals surface area contributed by atoms with E-state index < -0.39 is 33.1 Å². The van der Waals surface area contributed by atoms with E-state index >= 15 is 0 Å². The van der Waals surface area contributed by atoms with E-state index in [9.17, 15) is 18.3 Å². The summed E-state index contributed by atoms with van der Waals surface area (Å²) in [5, 5.41) is 9.58. The van der Waals surface area contributed by atoms with Crippen molar-refractivity contribution in [2.24, 2.45) is 11.8 Å². The molecular weight excluding hydrogens is 304 g/mol. The summed E-state index contributed by atoms with van der Waals surface area (Å²) in [4.78, 5) is 12.0. The lowest BCUT2D eigenvalue weighted by atomic mass is 9.96. The van der Waals surface area contributed by atoms with Gasteiger partial charge in [-0.15, -0.1) is 0 Å². The third kappa shape index (κ3) is 3.33. The number of aliphatic hydroxyl groups is 1. The molecule has 1 aliphatic rings. The first-order valence-corrected chi connectivity index (χ1v) is 8.97. The first kappa shape index (κ1) is 17.0. The number of rotatable bonds is 3. The average Bonchev–Trinajstić information content (AvgIpc) is 2.65. The zero-order valence-electron chi connectivity index (χ0n) is 12.8. The minimum absolute atomic E-state index is 0.227. The molecule has 4 atom stereocenters. The van der Waals surface area contributed by atoms with Crippen LogP contribution in [0.5, 0.6) is 0 Å². The molecule has 1 fully saturated rings. The molecule has 0 heterocycles. The molecule has 0 radical (unpaired) electrons. The second-order valence-electron chi connectivity index (χ2n) is 5.88. The molecule has 0 bridgehead atoms. The van der Waals surface area contributed by atoms with Crippen LogP contribution in [0.4, 0.5) is 0 Å². The van der Waals surface area contributed by atoms with E-state index in [1.54, 1.807) is 30.3 Å². The third-order valence-corrected chi connectivity index (χ3v) is 6.88. The van der Waals surface area contributed by atoms with Crippen LogP contribution < -0.4 is 0 Å². The van der Waals surface area contributed by atoms with Gasteiger partial charge in [0.15, 0.2) is 9.84 Å². The van der Waals surface area contributed by atoms with Gasteiger partial charge in [0, 0.05) is 0 Å². The predicted octanol–water partition coefficient (Wildman–Crippen LogP) is 1.80. The molecule has 0 amide bonds. The van der Waals surface area contributed by atoms with Gasteiger partial charge in [0.05, 0.1) is 29.3 Å². The molecule has 0 aromatic heterocycles. The van der Waals surface area contributed by atoms with Gasteiger partial charge in [-0.2, -0.15) is 0 Å². The first-order chi connectivity index (χ1) is 10.4. The molecule has 1 aromatic carbocycles. The summed E-state index contributed by atoms with van der Waals surface area (Å²) in [5.74, 6) is -1.35. The van der Waals surface area contributed by atoms with Gasteiger partial charge in [-0.25, -0.2) is 8.42 Å². The van der Waals surface area contributed by atoms with Crippen molar-refractivity contribution >= 4 is 15.8 Å². The lowest BCUT2D eigenvalue weighted by molar-refractivity contribution is -0.149. The van der Waals surface area contributed by atoms with Crippen LogP contribution in [0.1, 0.15) is 26.2 Å². The minimum atomic E-state index is -3.48. The van der Waals surface area contributed by atoms with Gasteiger partial charge in [0.2, 0.25) is 0 Å². The Bertz CT molecular complexity index is 611. The third-order valence-electron chi connectivity index (χ3n) is 4.45. The molecule has 0 unspecified atom stereocenters. The molecule has 122 valence electrons. The van der Waals surface area contributed by atoms with Crippen molar-refractivity contribution in [2.45, 2.75) is 42.4 Å². The number of hydrogen-bond donors (Lipinski definition) is 1. The van der Waals surface area contributed by atoms with Gasteiger partial charge in [-0.05, 0) is 37.3 Å². The Morgan fingerprint density at radius 1 is 1.23 bits per heavy atom. The Morgan fingerprint density at radius 2 is 1.86 bits per heavy atom. The van der Waals surface area contributed by atoms with Crippen LogP contribution in [0.15, 0.2) is 35.2 Å². The van der Waals surface area contributed by atoms with Crippen LogP contribution in [0, 0.1) is 11.8 Å². The molecule has 22 heavy (non-hydrogen) atoms. The number of benzene rings is 1. The molecule has 6 heteroatoms. The monoisotopic (exact) mass is 326 g/mol. The summed E-state index contributed by atoms with van der Waals surface area (Å²) in [6, 6.07) is 8.33. The Balaban J connectivity index is 2.27. The van der Waals surface area contributed by atoms with Crippen LogP contribution in [-0.4, -0.2) is 38.0 Å². The number of carbonyl (C=O) groups excluding carboxylic acids is 1. The van der Waals surface area contributed by atoms with E-state index in [1.807, 2.05) is 6.92 Å². The Morgan fingerprint density at radius 3 is 2.45 bits per heavy atom. The fourth-order valence-electron chi connectivity index (χ4n) is 3.19. The topological polar surface area (TPSA) is 80.7 Å². The van der Waals surface area contributed by atoms with Gasteiger partial charge >= 0.3 is 5.97 Å². The van der Waals surface area contributed by atoms with Crippen molar-refractivity contribution in [1.82, 2.24) is 0 Å². The Hall–Kier alpha value is -1.40. The number of hydrogen-bond acceptors (Lipinski definition) is 5. The van der Waals surface area contributed by atoms with E-state index in [2.05, 4.69) is 0 Å². The summed E-state index contributed by atoms with van der Waals surface area (Å²) in [5.41, 5.74) is 0. The summed E-state index contributed by atoms with van der Waals surface area (Å²) in [6.45, 7) is 1.81. The SMILES string of the molecule is COC(=O)[C@H]1CC[C@H](S(=O)(=O)c2ccccc2)[C@@H](C)C[C@@H]1O. The molecule has 1 aliphatic carbocycles. The maximum absolute atomic E-state index is 12.8. The van der Waals surface area contributed by atoms with Crippen molar-refractivity contribution in [3.8, 4) is 0 Å². The molecule has 1 aromatic rings. The van der Waals surface area contributed by atoms with Crippen molar-refractivity contribution in [2.75, 3.05) is 7.11 Å². The highest BCUT2D eigenvalue weighted by atomic mass is 32.2. The highest BCUT2D eigenvalue weighted by molar-refractivity contribution is 7.92. The quantitative estimate of drug-likeness (QED) is 0.677. The largest absolute Gasteiger partial charge is 0.469 e. The highest BCUT2D eigenvalue weighted by Crippen LogP contribution is 2.34. The lowest BCUT2D eigenvalue weighted by Crippen LogP contribution is -2.30. The number of ether oxygens (including phenoxy) is 1. The Kier molecular flexibility index (Phi) is 5.24. The molecule has 0 aliphatic heterocycles. The minimum Gasteiger partial charge on any atom is -0.469 e. The average molecular weight is 326 g/mol. The number of aliphatic hydroxyl groups excluding tert-OH is 1. The summed E-state index contributed by atoms with van der Waals surface area (Å²) in [6.07, 6.45) is 0.0686. The fraction of sp³-hybridized carbons (Fsp3) is 0.562. The van der Waals surface area contributed by atoms with Gasteiger partial charge < -0.3 is 9.84 Å². The lowest BCUT2D eigenvalue weighted by Gasteiger charge is -2.22. The van der Waals surface area contributed by atoms with E-state index in [4.69, 9.17) is 4.74 Å². The molecule has 0 spiro atoms. The van der Waals surface area contributed by atoms with Gasteiger partial charge in [0.1, 0.15) is 0 Å². The van der Waals surface area contributed by atoms with E-state index in [-0.39, 0.29) is 17.2 Å². The van der Waals surface area contributed by atoms with Crippen LogP contribution in [0.2, 0.25) is 0 Å². The summed E-state index contributed by atoms with van der Waals surface area (Å²) in [7, 11) is -2.20. The van der Waals surface area contributed by atoms with Crippen molar-refractivity contribution in [3.63, 3.8) is 0 Å². The van der Waals surface area contributed by atoms with Crippen molar-refractivity contribution in [3.05, 3.63) is 30.3 Å². The zero-order chi connectivity index (χ0) is 16.3. The van der Waals surface area contributed by atoms with E-state index in [1.165, 1.54) is 7.11 Å². The number of carbonyl (C=O) groups is 1. The maximum Gasteiger partial charge on any atom is 0.311 e. The first-order valence-electron chi connectivity index (χ1n) is 7.42. The van der Waals surface area contributed by atoms with Crippen molar-refractivity contribution < 1.29 is 23.1 Å². The smallest absolute Gasteiger partial charge is 0.311 e. The van der Waals surface area contributed by atoms with Gasteiger partial charge in [0.25, 0.3) is 0 Å². The number of sulfone groups is 1. The Labute approximate surface area is 131 Å². The molecule has 5 nitrogen and oxygen atoms in total. The van der Waals surface area contributed by atoms with Crippen LogP contribution >= 0.6 is 0 Å². The van der Waals surface area contributed by atoms with Crippen molar-refractivity contribution in [1.29, 1.82) is 0 Å². The summed E-state index contributed by atoms with van der Waals surface area (Å²) < 4.78 is 30.3. The molecule has 0 saturated heterocycles. The van der Waals surface area contributed by atoms with Gasteiger partial charge in [-0.1, -0.05) is 25.1 Å². The number of esters is 1. The molecule has 1 N–H and O–H groups in total. The van der Waals surface area contributed by atoms with E-state index in [0.717, 1.165) is 0 Å². The standard InChI is InChI=1S/C16H22O5S/c1-11-10-14(17)13(16(18)21-2)8-9-15(11)22(19,20)12-6-4-3-5-7-12/h3-7,11,13-15,17H,8-10H2,1-2H3/t11-,13-,14-,15-/m0/s1. The predicted molar refractivity (Wildman–Crippen MR) is 81.9 cm³/mol. The number of methoxy groups -OCH3 is 1. The highest BCUT2D eigenvalue weighted by Gasteiger charge is 2.40. The molecule has 2 rings (SSSR count). The normalized spacial score (nSPS) is 29.6. The summed E-state index contributed by atoms with van der Waals surface area (Å²) >= 11 is 0. The van der Waals surface area contributed by atoms with Crippen LogP contribution in [-0.2, 0) is 19.4 Å². The molecule has 1 saturated carbocycles.